The Morgan fingerprint density at radius 3 is 2.67 bits per heavy atom. The molecule has 0 unspecified atom stereocenters. The minimum Gasteiger partial charge on any atom is -0.310 e. The third kappa shape index (κ3) is 2.91. The molecule has 5 heteroatoms. The fourth-order valence-electron chi connectivity index (χ4n) is 1.62. The molecule has 2 rings (SSSR count). The van der Waals surface area contributed by atoms with Gasteiger partial charge in [-0.2, -0.15) is 0 Å². The van der Waals surface area contributed by atoms with E-state index in [4.69, 9.17) is 0 Å². The van der Waals surface area contributed by atoms with Crippen molar-refractivity contribution >= 4 is 11.3 Å². The third-order valence-electron chi connectivity index (χ3n) is 2.47. The van der Waals surface area contributed by atoms with E-state index in [1.165, 1.54) is 29.5 Å². The summed E-state index contributed by atoms with van der Waals surface area (Å²) < 4.78 is 27.1. The molecule has 1 N–H and O–H groups in total. The Labute approximate surface area is 109 Å². The normalized spacial score (nSPS) is 10.8. The average Bonchev–Trinajstić information content (AvgIpc) is 2.78. The van der Waals surface area contributed by atoms with Gasteiger partial charge in [0, 0.05) is 11.9 Å². The van der Waals surface area contributed by atoms with Gasteiger partial charge in [-0.1, -0.05) is 13.0 Å². The van der Waals surface area contributed by atoms with Gasteiger partial charge in [0.25, 0.3) is 0 Å². The molecule has 0 bridgehead atoms. The van der Waals surface area contributed by atoms with Gasteiger partial charge >= 0.3 is 0 Å². The summed E-state index contributed by atoms with van der Waals surface area (Å²) in [5.41, 5.74) is 0.319. The number of nitrogens with one attached hydrogen (secondary N) is 1. The molecule has 0 fully saturated rings. The molecule has 0 aliphatic carbocycles. The molecular weight excluding hydrogens is 254 g/mol. The number of rotatable bonds is 5. The van der Waals surface area contributed by atoms with E-state index in [2.05, 4.69) is 17.2 Å². The summed E-state index contributed by atoms with van der Waals surface area (Å²) in [6.45, 7) is 3.62. The fourth-order valence-corrected chi connectivity index (χ4v) is 2.38. The molecule has 0 radical (unpaired) electrons. The summed E-state index contributed by atoms with van der Waals surface area (Å²) in [4.78, 5) is 4.25. The summed E-state index contributed by atoms with van der Waals surface area (Å²) in [5.74, 6) is -1.15. The third-order valence-corrected chi connectivity index (χ3v) is 3.32. The van der Waals surface area contributed by atoms with Crippen LogP contribution in [0.25, 0.3) is 11.3 Å². The van der Waals surface area contributed by atoms with Crippen LogP contribution in [0.2, 0.25) is 0 Å². The second-order valence-electron chi connectivity index (χ2n) is 3.90. The summed E-state index contributed by atoms with van der Waals surface area (Å²) in [6.07, 6.45) is 1.04. The lowest BCUT2D eigenvalue weighted by molar-refractivity contribution is 0.588. The zero-order valence-corrected chi connectivity index (χ0v) is 10.9. The Balaban J connectivity index is 2.19. The molecular formula is C13H14F2N2S. The van der Waals surface area contributed by atoms with Crippen molar-refractivity contribution in [3.8, 4) is 11.3 Å². The van der Waals surface area contributed by atoms with Crippen molar-refractivity contribution in [1.82, 2.24) is 10.3 Å². The Kier molecular flexibility index (Phi) is 4.38. The minimum atomic E-state index is -0.576. The smallest absolute Gasteiger partial charge is 0.135 e. The van der Waals surface area contributed by atoms with Gasteiger partial charge in [0.2, 0.25) is 0 Å². The largest absolute Gasteiger partial charge is 0.310 e. The molecule has 18 heavy (non-hydrogen) atoms. The van der Waals surface area contributed by atoms with Gasteiger partial charge in [0.15, 0.2) is 0 Å². The van der Waals surface area contributed by atoms with Gasteiger partial charge in [-0.15, -0.1) is 11.3 Å². The highest BCUT2D eigenvalue weighted by Gasteiger charge is 2.13. The van der Waals surface area contributed by atoms with Crippen molar-refractivity contribution in [2.24, 2.45) is 0 Å². The Hall–Kier alpha value is -1.33. The monoisotopic (exact) mass is 268 g/mol. The number of hydrogen-bond donors (Lipinski definition) is 1. The highest BCUT2D eigenvalue weighted by molar-refractivity contribution is 7.09. The number of nitrogens with zero attached hydrogens (tertiary/aromatic N) is 1. The molecule has 2 nitrogen and oxygen atoms in total. The Bertz CT molecular complexity index is 505. The zero-order valence-electron chi connectivity index (χ0n) is 10.0. The number of aromatic nitrogens is 1. The second kappa shape index (κ2) is 6.02. The first-order valence-corrected chi connectivity index (χ1v) is 6.70. The average molecular weight is 268 g/mol. The van der Waals surface area contributed by atoms with Crippen LogP contribution in [0.3, 0.4) is 0 Å². The number of hydrogen-bond acceptors (Lipinski definition) is 3. The molecule has 1 aromatic heterocycles. The van der Waals surface area contributed by atoms with E-state index >= 15 is 0 Å². The maximum atomic E-state index is 13.6. The molecule has 1 heterocycles. The first-order chi connectivity index (χ1) is 8.72. The van der Waals surface area contributed by atoms with Crippen molar-refractivity contribution in [3.63, 3.8) is 0 Å². The maximum Gasteiger partial charge on any atom is 0.135 e. The molecule has 96 valence electrons. The van der Waals surface area contributed by atoms with E-state index in [0.717, 1.165) is 18.0 Å². The predicted octanol–water partition coefficient (Wildman–Crippen LogP) is 3.59. The van der Waals surface area contributed by atoms with E-state index in [-0.39, 0.29) is 5.56 Å². The summed E-state index contributed by atoms with van der Waals surface area (Å²) in [5, 5.41) is 5.73. The second-order valence-corrected chi connectivity index (χ2v) is 4.84. The molecule has 0 saturated carbocycles. The highest BCUT2D eigenvalue weighted by Crippen LogP contribution is 2.27. The summed E-state index contributed by atoms with van der Waals surface area (Å²) in [7, 11) is 0. The first-order valence-electron chi connectivity index (χ1n) is 5.82. The van der Waals surface area contributed by atoms with Crippen LogP contribution < -0.4 is 5.32 Å². The molecule has 0 atom stereocenters. The highest BCUT2D eigenvalue weighted by atomic mass is 32.1. The van der Waals surface area contributed by atoms with Crippen molar-refractivity contribution in [2.75, 3.05) is 6.54 Å². The predicted molar refractivity (Wildman–Crippen MR) is 69.5 cm³/mol. The van der Waals surface area contributed by atoms with Crippen LogP contribution >= 0.6 is 11.3 Å². The quantitative estimate of drug-likeness (QED) is 0.838. The van der Waals surface area contributed by atoms with Crippen LogP contribution in [0.4, 0.5) is 8.78 Å². The number of benzene rings is 1. The van der Waals surface area contributed by atoms with Gasteiger partial charge in [-0.05, 0) is 25.1 Å². The molecule has 1 aromatic carbocycles. The molecule has 0 saturated heterocycles. The molecule has 0 aliphatic heterocycles. The minimum absolute atomic E-state index is 0.0458. The van der Waals surface area contributed by atoms with E-state index < -0.39 is 11.6 Å². The van der Waals surface area contributed by atoms with Gasteiger partial charge in [-0.3, -0.25) is 0 Å². The van der Waals surface area contributed by atoms with Crippen molar-refractivity contribution in [1.29, 1.82) is 0 Å². The van der Waals surface area contributed by atoms with Crippen LogP contribution in [-0.2, 0) is 6.54 Å². The molecule has 0 spiro atoms. The van der Waals surface area contributed by atoms with Crippen molar-refractivity contribution < 1.29 is 8.78 Å². The lowest BCUT2D eigenvalue weighted by atomic mass is 10.1. The molecule has 0 amide bonds. The van der Waals surface area contributed by atoms with Crippen LogP contribution in [0.15, 0.2) is 23.6 Å². The summed E-state index contributed by atoms with van der Waals surface area (Å²) in [6, 6.07) is 3.84. The van der Waals surface area contributed by atoms with Crippen LogP contribution in [0, 0.1) is 11.6 Å². The SMILES string of the molecule is CCCNCc1nc(-c2c(F)cccc2F)cs1. The Morgan fingerprint density at radius 1 is 1.28 bits per heavy atom. The zero-order chi connectivity index (χ0) is 13.0. The van der Waals surface area contributed by atoms with E-state index in [0.29, 0.717) is 12.2 Å². The standard InChI is InChI=1S/C13H14F2N2S/c1-2-6-16-7-12-17-11(8-18-12)13-9(14)4-3-5-10(13)15/h3-5,8,16H,2,6-7H2,1H3. The molecule has 2 aromatic rings. The van der Waals surface area contributed by atoms with E-state index in [1.807, 2.05) is 0 Å². The Morgan fingerprint density at radius 2 is 2.00 bits per heavy atom. The number of halogens is 2. The van der Waals surface area contributed by atoms with E-state index in [1.54, 1.807) is 5.38 Å². The van der Waals surface area contributed by atoms with E-state index in [9.17, 15) is 8.78 Å². The van der Waals surface area contributed by atoms with Gasteiger partial charge < -0.3 is 5.32 Å². The van der Waals surface area contributed by atoms with Crippen LogP contribution in [-0.4, -0.2) is 11.5 Å². The maximum absolute atomic E-state index is 13.6. The number of thiazole rings is 1. The van der Waals surface area contributed by atoms with Gasteiger partial charge in [-0.25, -0.2) is 13.8 Å². The van der Waals surface area contributed by atoms with Crippen molar-refractivity contribution in [3.05, 3.63) is 40.2 Å². The lowest BCUT2D eigenvalue weighted by Gasteiger charge is -2.01. The fraction of sp³-hybridized carbons (Fsp3) is 0.308. The summed E-state index contributed by atoms with van der Waals surface area (Å²) >= 11 is 1.41. The first kappa shape index (κ1) is 13.1. The van der Waals surface area contributed by atoms with Crippen LogP contribution in [0.1, 0.15) is 18.4 Å². The van der Waals surface area contributed by atoms with Gasteiger partial charge in [0.1, 0.15) is 16.6 Å². The molecule has 0 aliphatic rings. The van der Waals surface area contributed by atoms with Gasteiger partial charge in [0.05, 0.1) is 11.3 Å². The lowest BCUT2D eigenvalue weighted by Crippen LogP contribution is -2.13. The topological polar surface area (TPSA) is 24.9 Å². The van der Waals surface area contributed by atoms with Crippen LogP contribution in [0.5, 0.6) is 0 Å². The van der Waals surface area contributed by atoms with Crippen molar-refractivity contribution in [2.45, 2.75) is 19.9 Å².